The summed E-state index contributed by atoms with van der Waals surface area (Å²) in [4.78, 5) is 12.4. The zero-order chi connectivity index (χ0) is 35.0. The maximum absolute atomic E-state index is 12.4. The van der Waals surface area contributed by atoms with E-state index < -0.39 is 12.1 Å². The molecule has 48 heavy (non-hydrogen) atoms. The van der Waals surface area contributed by atoms with Crippen LogP contribution in [0.4, 0.5) is 0 Å². The van der Waals surface area contributed by atoms with Gasteiger partial charge in [0.05, 0.1) is 18.8 Å². The molecule has 0 rings (SSSR count). The lowest BCUT2D eigenvalue weighted by Gasteiger charge is -2.22. The Morgan fingerprint density at radius 2 is 0.917 bits per heavy atom. The van der Waals surface area contributed by atoms with Crippen molar-refractivity contribution in [3.8, 4) is 0 Å². The molecule has 1 amide bonds. The highest BCUT2D eigenvalue weighted by Gasteiger charge is 2.19. The van der Waals surface area contributed by atoms with E-state index in [1.807, 2.05) is 0 Å². The molecule has 2 atom stereocenters. The summed E-state index contributed by atoms with van der Waals surface area (Å²) in [5, 5.41) is 23.1. The number of hydrogen-bond acceptors (Lipinski definition) is 3. The largest absolute Gasteiger partial charge is 0.394 e. The van der Waals surface area contributed by atoms with Crippen LogP contribution in [0.2, 0.25) is 0 Å². The number of hydrogen-bond donors (Lipinski definition) is 3. The Labute approximate surface area is 299 Å². The fourth-order valence-corrected chi connectivity index (χ4v) is 6.17. The number of nitrogens with one attached hydrogen (secondary N) is 1. The highest BCUT2D eigenvalue weighted by atomic mass is 16.3. The molecule has 0 aromatic rings. The van der Waals surface area contributed by atoms with E-state index in [2.05, 4.69) is 67.8 Å². The molecule has 2 unspecified atom stereocenters. The van der Waals surface area contributed by atoms with E-state index in [1.54, 1.807) is 0 Å². The van der Waals surface area contributed by atoms with Crippen LogP contribution in [0.5, 0.6) is 0 Å². The Morgan fingerprint density at radius 3 is 1.38 bits per heavy atom. The van der Waals surface area contributed by atoms with Gasteiger partial charge in [0.2, 0.25) is 5.91 Å². The molecule has 0 saturated carbocycles. The number of unbranched alkanes of at least 4 members (excludes halogenated alkanes) is 22. The maximum Gasteiger partial charge on any atom is 0.220 e. The van der Waals surface area contributed by atoms with Crippen LogP contribution < -0.4 is 5.32 Å². The van der Waals surface area contributed by atoms with Crippen molar-refractivity contribution in [1.29, 1.82) is 0 Å². The van der Waals surface area contributed by atoms with E-state index in [9.17, 15) is 15.0 Å². The first-order chi connectivity index (χ1) is 23.7. The Hall–Kier alpha value is -1.65. The highest BCUT2D eigenvalue weighted by Crippen LogP contribution is 2.15. The van der Waals surface area contributed by atoms with Crippen LogP contribution >= 0.6 is 0 Å². The third-order valence-electron chi connectivity index (χ3n) is 9.35. The molecule has 0 aliphatic rings. The number of allylic oxidation sites excluding steroid dienone is 8. The van der Waals surface area contributed by atoms with Gasteiger partial charge >= 0.3 is 0 Å². The third-order valence-corrected chi connectivity index (χ3v) is 9.35. The molecule has 0 heterocycles. The molecule has 0 aromatic heterocycles. The molecule has 0 aromatic carbocycles. The van der Waals surface area contributed by atoms with Crippen molar-refractivity contribution in [3.63, 3.8) is 0 Å². The normalized spacial score (nSPS) is 13.5. The van der Waals surface area contributed by atoms with Gasteiger partial charge in [0, 0.05) is 6.42 Å². The Morgan fingerprint density at radius 1 is 0.521 bits per heavy atom. The van der Waals surface area contributed by atoms with Crippen LogP contribution in [0.15, 0.2) is 48.6 Å². The Kier molecular flexibility index (Phi) is 38.4. The van der Waals surface area contributed by atoms with Crippen molar-refractivity contribution < 1.29 is 15.0 Å². The predicted octanol–water partition coefficient (Wildman–Crippen LogP) is 12.8. The lowest BCUT2D eigenvalue weighted by Crippen LogP contribution is -2.45. The van der Waals surface area contributed by atoms with E-state index in [-0.39, 0.29) is 12.5 Å². The fraction of sp³-hybridized carbons (Fsp3) is 0.795. The average molecular weight is 672 g/mol. The van der Waals surface area contributed by atoms with Gasteiger partial charge in [-0.1, -0.05) is 197 Å². The third kappa shape index (κ3) is 35.7. The molecular formula is C44H81NO3. The zero-order valence-corrected chi connectivity index (χ0v) is 32.0. The minimum atomic E-state index is -0.663. The van der Waals surface area contributed by atoms with E-state index in [1.165, 1.54) is 128 Å². The van der Waals surface area contributed by atoms with Gasteiger partial charge in [-0.3, -0.25) is 4.79 Å². The van der Waals surface area contributed by atoms with Crippen molar-refractivity contribution in [3.05, 3.63) is 48.6 Å². The SMILES string of the molecule is CC/C=C\C/C=C\C/C=C\C/C=C\CCCCCCCCCCC(=O)NC(CO)C(O)CCCCCCCCCCCCCCCCC. The van der Waals surface area contributed by atoms with E-state index in [0.29, 0.717) is 12.8 Å². The Bertz CT molecular complexity index is 771. The topological polar surface area (TPSA) is 69.6 Å². The van der Waals surface area contributed by atoms with Crippen LogP contribution in [0.3, 0.4) is 0 Å². The molecule has 3 N–H and O–H groups in total. The summed E-state index contributed by atoms with van der Waals surface area (Å²) in [5.41, 5.74) is 0. The van der Waals surface area contributed by atoms with Crippen molar-refractivity contribution in [2.45, 2.75) is 219 Å². The first-order valence-electron chi connectivity index (χ1n) is 20.8. The maximum atomic E-state index is 12.4. The van der Waals surface area contributed by atoms with Crippen molar-refractivity contribution >= 4 is 5.91 Å². The number of aliphatic hydroxyl groups excluding tert-OH is 2. The molecule has 4 heteroatoms. The standard InChI is InChI=1S/C44H81NO3/c1-3-5-7-9-11-13-15-17-19-20-21-22-23-24-26-28-30-32-34-36-38-40-44(48)45-42(41-46)43(47)39-37-35-33-31-29-27-25-18-16-14-12-10-8-6-4-2/h5,7,11,13,17,19,21-22,42-43,46-47H,3-4,6,8-10,12,14-16,18,20,23-41H2,1-2H3,(H,45,48)/b7-5-,13-11-,19-17-,22-21-. The number of carbonyl (C=O) groups excluding carboxylic acids is 1. The first kappa shape index (κ1) is 46.4. The summed E-state index contributed by atoms with van der Waals surface area (Å²) in [7, 11) is 0. The smallest absolute Gasteiger partial charge is 0.220 e. The lowest BCUT2D eigenvalue weighted by atomic mass is 10.0. The predicted molar refractivity (Wildman–Crippen MR) is 211 cm³/mol. The second kappa shape index (κ2) is 39.8. The summed E-state index contributed by atoms with van der Waals surface area (Å²) < 4.78 is 0. The van der Waals surface area contributed by atoms with Crippen LogP contribution in [-0.2, 0) is 4.79 Å². The summed E-state index contributed by atoms with van der Waals surface area (Å²) in [6.45, 7) is 4.24. The molecule has 0 aliphatic heterocycles. The Balaban J connectivity index is 3.57. The molecule has 4 nitrogen and oxygen atoms in total. The summed E-state index contributed by atoms with van der Waals surface area (Å²) in [6, 6.07) is -0.541. The van der Waals surface area contributed by atoms with Crippen LogP contribution in [0.1, 0.15) is 206 Å². The summed E-state index contributed by atoms with van der Waals surface area (Å²) in [5.74, 6) is -0.0413. The molecule has 0 fully saturated rings. The second-order valence-electron chi connectivity index (χ2n) is 14.0. The first-order valence-corrected chi connectivity index (χ1v) is 20.8. The molecule has 280 valence electrons. The monoisotopic (exact) mass is 672 g/mol. The van der Waals surface area contributed by atoms with E-state index >= 15 is 0 Å². The van der Waals surface area contributed by atoms with Crippen LogP contribution in [0, 0.1) is 0 Å². The summed E-state index contributed by atoms with van der Waals surface area (Å²) >= 11 is 0. The van der Waals surface area contributed by atoms with E-state index in [0.717, 1.165) is 51.4 Å². The van der Waals surface area contributed by atoms with Gasteiger partial charge in [0.15, 0.2) is 0 Å². The summed E-state index contributed by atoms with van der Waals surface area (Å²) in [6.07, 6.45) is 53.2. The quantitative estimate of drug-likeness (QED) is 0.0455. The van der Waals surface area contributed by atoms with Crippen LogP contribution in [-0.4, -0.2) is 34.9 Å². The van der Waals surface area contributed by atoms with Gasteiger partial charge in [-0.05, 0) is 51.4 Å². The van der Waals surface area contributed by atoms with Gasteiger partial charge < -0.3 is 15.5 Å². The van der Waals surface area contributed by atoms with Gasteiger partial charge in [-0.2, -0.15) is 0 Å². The molecule has 0 aliphatic carbocycles. The van der Waals surface area contributed by atoms with E-state index in [4.69, 9.17) is 0 Å². The lowest BCUT2D eigenvalue weighted by molar-refractivity contribution is -0.123. The minimum absolute atomic E-state index is 0.0413. The number of aliphatic hydroxyl groups is 2. The van der Waals surface area contributed by atoms with Gasteiger partial charge in [0.1, 0.15) is 0 Å². The van der Waals surface area contributed by atoms with Crippen LogP contribution in [0.25, 0.3) is 0 Å². The molecule has 0 radical (unpaired) electrons. The van der Waals surface area contributed by atoms with Crippen molar-refractivity contribution in [2.75, 3.05) is 6.61 Å². The molecule has 0 bridgehead atoms. The number of rotatable bonds is 37. The van der Waals surface area contributed by atoms with Crippen molar-refractivity contribution in [2.24, 2.45) is 0 Å². The number of carbonyl (C=O) groups is 1. The van der Waals surface area contributed by atoms with Gasteiger partial charge in [0.25, 0.3) is 0 Å². The van der Waals surface area contributed by atoms with Gasteiger partial charge in [-0.25, -0.2) is 0 Å². The highest BCUT2D eigenvalue weighted by molar-refractivity contribution is 5.76. The fourth-order valence-electron chi connectivity index (χ4n) is 6.17. The molecule has 0 spiro atoms. The second-order valence-corrected chi connectivity index (χ2v) is 14.0. The minimum Gasteiger partial charge on any atom is -0.394 e. The zero-order valence-electron chi connectivity index (χ0n) is 32.0. The van der Waals surface area contributed by atoms with Crippen molar-refractivity contribution in [1.82, 2.24) is 5.32 Å². The van der Waals surface area contributed by atoms with Gasteiger partial charge in [-0.15, -0.1) is 0 Å². The number of amides is 1. The molecular weight excluding hydrogens is 590 g/mol. The average Bonchev–Trinajstić information content (AvgIpc) is 3.09. The molecule has 0 saturated heterocycles.